The second-order valence-corrected chi connectivity index (χ2v) is 6.31. The largest absolute Gasteiger partial charge is 0.457 e. The molecular formula is C21H22N2O4. The van der Waals surface area contributed by atoms with E-state index in [-0.39, 0.29) is 23.6 Å². The van der Waals surface area contributed by atoms with Crippen molar-refractivity contribution in [2.45, 2.75) is 20.5 Å². The highest BCUT2D eigenvalue weighted by atomic mass is 16.5. The Bertz CT molecular complexity index is 903. The first-order valence-corrected chi connectivity index (χ1v) is 8.94. The minimum absolute atomic E-state index is 0.134. The highest BCUT2D eigenvalue weighted by Gasteiger charge is 2.33. The predicted molar refractivity (Wildman–Crippen MR) is 102 cm³/mol. The van der Waals surface area contributed by atoms with Crippen LogP contribution in [-0.2, 0) is 11.3 Å². The van der Waals surface area contributed by atoms with Gasteiger partial charge in [0.1, 0.15) is 6.61 Å². The molecule has 2 amide bonds. The van der Waals surface area contributed by atoms with Crippen LogP contribution in [0, 0.1) is 0 Å². The molecule has 0 aliphatic carbocycles. The lowest BCUT2D eigenvalue weighted by Crippen LogP contribution is -2.24. The molecule has 0 radical (unpaired) electrons. The molecule has 0 unspecified atom stereocenters. The Morgan fingerprint density at radius 1 is 1.00 bits per heavy atom. The topological polar surface area (TPSA) is 66.9 Å². The zero-order chi connectivity index (χ0) is 19.6. The van der Waals surface area contributed by atoms with Crippen molar-refractivity contribution in [1.82, 2.24) is 4.90 Å². The van der Waals surface area contributed by atoms with Gasteiger partial charge in [-0.2, -0.15) is 0 Å². The van der Waals surface area contributed by atoms with Crippen LogP contribution in [0.2, 0.25) is 0 Å². The van der Waals surface area contributed by atoms with Crippen molar-refractivity contribution in [3.63, 3.8) is 0 Å². The minimum Gasteiger partial charge on any atom is -0.457 e. The van der Waals surface area contributed by atoms with Gasteiger partial charge in [0.05, 0.1) is 16.7 Å². The van der Waals surface area contributed by atoms with Gasteiger partial charge in [0.15, 0.2) is 0 Å². The van der Waals surface area contributed by atoms with Gasteiger partial charge in [-0.25, -0.2) is 4.79 Å². The van der Waals surface area contributed by atoms with E-state index in [1.807, 2.05) is 24.3 Å². The van der Waals surface area contributed by atoms with E-state index < -0.39 is 11.9 Å². The van der Waals surface area contributed by atoms with E-state index in [0.29, 0.717) is 5.56 Å². The molecule has 0 saturated carbocycles. The van der Waals surface area contributed by atoms with E-state index in [1.54, 1.807) is 0 Å². The van der Waals surface area contributed by atoms with Crippen molar-refractivity contribution in [2.75, 3.05) is 25.0 Å². The van der Waals surface area contributed by atoms with Gasteiger partial charge in [-0.1, -0.05) is 18.2 Å². The lowest BCUT2D eigenvalue weighted by Gasteiger charge is -2.24. The minimum atomic E-state index is -0.526. The fraction of sp³-hybridized carbons (Fsp3) is 0.286. The summed E-state index contributed by atoms with van der Waals surface area (Å²) >= 11 is 0. The average Bonchev–Trinajstić information content (AvgIpc) is 2.91. The highest BCUT2D eigenvalue weighted by Crippen LogP contribution is 2.24. The molecule has 2 aromatic rings. The van der Waals surface area contributed by atoms with Crippen molar-refractivity contribution in [3.8, 4) is 0 Å². The number of para-hydroxylation sites is 1. The van der Waals surface area contributed by atoms with Gasteiger partial charge < -0.3 is 9.64 Å². The Kier molecular flexibility index (Phi) is 5.26. The van der Waals surface area contributed by atoms with Gasteiger partial charge in [0, 0.05) is 31.4 Å². The fourth-order valence-corrected chi connectivity index (χ4v) is 3.22. The van der Waals surface area contributed by atoms with Gasteiger partial charge >= 0.3 is 5.97 Å². The van der Waals surface area contributed by atoms with Gasteiger partial charge in [-0.05, 0) is 38.1 Å². The van der Waals surface area contributed by atoms with Crippen LogP contribution in [0.25, 0.3) is 0 Å². The number of carbonyl (C=O) groups is 3. The van der Waals surface area contributed by atoms with Crippen LogP contribution in [0.1, 0.15) is 50.5 Å². The fourth-order valence-electron chi connectivity index (χ4n) is 3.22. The number of hydrogen-bond acceptors (Lipinski definition) is 5. The molecule has 27 heavy (non-hydrogen) atoms. The SMILES string of the molecule is CCN(CC)c1ccccc1COC(=O)c1ccc2c(c1)C(=O)N(C)C2=O. The maximum atomic E-state index is 12.5. The van der Waals surface area contributed by atoms with Crippen LogP contribution in [-0.4, -0.2) is 42.8 Å². The smallest absolute Gasteiger partial charge is 0.338 e. The monoisotopic (exact) mass is 366 g/mol. The molecule has 0 N–H and O–H groups in total. The van der Waals surface area contributed by atoms with Crippen molar-refractivity contribution >= 4 is 23.5 Å². The van der Waals surface area contributed by atoms with Crippen molar-refractivity contribution in [1.29, 1.82) is 0 Å². The third-order valence-electron chi connectivity index (χ3n) is 4.78. The molecule has 0 atom stereocenters. The van der Waals surface area contributed by atoms with Crippen LogP contribution in [0.5, 0.6) is 0 Å². The summed E-state index contributed by atoms with van der Waals surface area (Å²) in [4.78, 5) is 39.7. The van der Waals surface area contributed by atoms with Crippen LogP contribution in [0.15, 0.2) is 42.5 Å². The van der Waals surface area contributed by atoms with Gasteiger partial charge in [0.2, 0.25) is 0 Å². The second kappa shape index (κ2) is 7.61. The third kappa shape index (κ3) is 3.43. The molecule has 2 aromatic carbocycles. The number of esters is 1. The number of anilines is 1. The van der Waals surface area contributed by atoms with E-state index in [9.17, 15) is 14.4 Å². The number of carbonyl (C=O) groups excluding carboxylic acids is 3. The Hall–Kier alpha value is -3.15. The molecule has 1 aliphatic heterocycles. The molecular weight excluding hydrogens is 344 g/mol. The Labute approximate surface area is 158 Å². The van der Waals surface area contributed by atoms with Crippen LogP contribution >= 0.6 is 0 Å². The first kappa shape index (κ1) is 18.6. The maximum absolute atomic E-state index is 12.5. The number of rotatable bonds is 6. The molecule has 1 heterocycles. The average molecular weight is 366 g/mol. The normalized spacial score (nSPS) is 12.9. The molecule has 0 aromatic heterocycles. The summed E-state index contributed by atoms with van der Waals surface area (Å²) in [5.41, 5.74) is 2.75. The number of amides is 2. The lowest BCUT2D eigenvalue weighted by molar-refractivity contribution is 0.0473. The van der Waals surface area contributed by atoms with Crippen molar-refractivity contribution in [2.24, 2.45) is 0 Å². The number of nitrogens with zero attached hydrogens (tertiary/aromatic N) is 2. The first-order valence-electron chi connectivity index (χ1n) is 8.94. The number of fused-ring (bicyclic) bond motifs is 1. The van der Waals surface area contributed by atoms with E-state index in [1.165, 1.54) is 25.2 Å². The van der Waals surface area contributed by atoms with E-state index in [4.69, 9.17) is 4.74 Å². The summed E-state index contributed by atoms with van der Waals surface area (Å²) in [6, 6.07) is 12.2. The zero-order valence-corrected chi connectivity index (χ0v) is 15.7. The van der Waals surface area contributed by atoms with Crippen LogP contribution in [0.3, 0.4) is 0 Å². The van der Waals surface area contributed by atoms with E-state index in [0.717, 1.165) is 29.2 Å². The molecule has 0 fully saturated rings. The molecule has 3 rings (SSSR count). The predicted octanol–water partition coefficient (Wildman–Crippen LogP) is 3.12. The summed E-state index contributed by atoms with van der Waals surface area (Å²) in [6.07, 6.45) is 0. The maximum Gasteiger partial charge on any atom is 0.338 e. The Morgan fingerprint density at radius 2 is 1.67 bits per heavy atom. The highest BCUT2D eigenvalue weighted by molar-refractivity contribution is 6.21. The first-order chi connectivity index (χ1) is 13.0. The lowest BCUT2D eigenvalue weighted by atomic mass is 10.1. The molecule has 0 spiro atoms. The van der Waals surface area contributed by atoms with E-state index in [2.05, 4.69) is 18.7 Å². The molecule has 6 nitrogen and oxygen atoms in total. The van der Waals surface area contributed by atoms with Gasteiger partial charge in [0.25, 0.3) is 11.8 Å². The molecule has 1 aliphatic rings. The third-order valence-corrected chi connectivity index (χ3v) is 4.78. The van der Waals surface area contributed by atoms with Crippen LogP contribution < -0.4 is 4.90 Å². The van der Waals surface area contributed by atoms with Crippen molar-refractivity contribution < 1.29 is 19.1 Å². The number of benzene rings is 2. The summed E-state index contributed by atoms with van der Waals surface area (Å²) in [5, 5.41) is 0. The molecule has 0 bridgehead atoms. The van der Waals surface area contributed by atoms with E-state index >= 15 is 0 Å². The van der Waals surface area contributed by atoms with Gasteiger partial charge in [-0.15, -0.1) is 0 Å². The van der Waals surface area contributed by atoms with Crippen molar-refractivity contribution in [3.05, 3.63) is 64.7 Å². The standard InChI is InChI=1S/C21H22N2O4/c1-4-23(5-2)18-9-7-6-8-15(18)13-27-21(26)14-10-11-16-17(12-14)20(25)22(3)19(16)24/h6-12H,4-5,13H2,1-3H3. The Morgan fingerprint density at radius 3 is 2.37 bits per heavy atom. The number of hydrogen-bond donors (Lipinski definition) is 0. The number of ether oxygens (including phenoxy) is 1. The summed E-state index contributed by atoms with van der Waals surface area (Å²) in [5.74, 6) is -1.29. The summed E-state index contributed by atoms with van der Waals surface area (Å²) in [7, 11) is 1.42. The molecule has 140 valence electrons. The van der Waals surface area contributed by atoms with Crippen LogP contribution in [0.4, 0.5) is 5.69 Å². The molecule has 6 heteroatoms. The van der Waals surface area contributed by atoms with Gasteiger partial charge in [-0.3, -0.25) is 14.5 Å². The number of imide groups is 1. The molecule has 0 saturated heterocycles. The summed E-state index contributed by atoms with van der Waals surface area (Å²) < 4.78 is 5.47. The summed E-state index contributed by atoms with van der Waals surface area (Å²) in [6.45, 7) is 6.00. The second-order valence-electron chi connectivity index (χ2n) is 6.31. The quantitative estimate of drug-likeness (QED) is 0.580. The zero-order valence-electron chi connectivity index (χ0n) is 15.7. The Balaban J connectivity index is 1.77.